The quantitative estimate of drug-likeness (QED) is 0.344. The van der Waals surface area contributed by atoms with E-state index in [1.165, 1.54) is 6.07 Å². The van der Waals surface area contributed by atoms with Gasteiger partial charge in [-0.05, 0) is 43.5 Å². The number of fused-ring (bicyclic) bond motifs is 1. The van der Waals surface area contributed by atoms with Gasteiger partial charge in [0.25, 0.3) is 0 Å². The van der Waals surface area contributed by atoms with Gasteiger partial charge in [-0.3, -0.25) is 0 Å². The number of benzene rings is 2. The minimum absolute atomic E-state index is 0.0999. The maximum atomic E-state index is 12.7. The summed E-state index contributed by atoms with van der Waals surface area (Å²) in [7, 11) is 0. The average molecular weight is 423 g/mol. The average Bonchev–Trinajstić information content (AvgIpc) is 2.75. The maximum absolute atomic E-state index is 12.7. The second-order valence-corrected chi connectivity index (χ2v) is 7.28. The summed E-state index contributed by atoms with van der Waals surface area (Å²) in [4.78, 5) is 36.7. The van der Waals surface area contributed by atoms with E-state index in [2.05, 4.69) is 5.32 Å². The van der Waals surface area contributed by atoms with Gasteiger partial charge < -0.3 is 19.2 Å². The van der Waals surface area contributed by atoms with Crippen LogP contribution in [0.5, 0.6) is 5.75 Å². The zero-order chi connectivity index (χ0) is 22.4. The molecule has 0 saturated carbocycles. The summed E-state index contributed by atoms with van der Waals surface area (Å²) in [5.41, 5.74) is 2.06. The van der Waals surface area contributed by atoms with E-state index in [1.54, 1.807) is 19.1 Å². The summed E-state index contributed by atoms with van der Waals surface area (Å²) >= 11 is 0. The van der Waals surface area contributed by atoms with Crippen LogP contribution in [0.1, 0.15) is 36.5 Å². The minimum Gasteiger partial charge on any atom is -0.445 e. The van der Waals surface area contributed by atoms with Gasteiger partial charge in [-0.1, -0.05) is 43.7 Å². The Labute approximate surface area is 180 Å². The van der Waals surface area contributed by atoms with Crippen LogP contribution in [-0.2, 0) is 16.1 Å². The number of carbonyl (C=O) groups is 2. The first-order chi connectivity index (χ1) is 14.9. The smallest absolute Gasteiger partial charge is 0.408 e. The van der Waals surface area contributed by atoms with Gasteiger partial charge in [-0.2, -0.15) is 0 Å². The molecule has 162 valence electrons. The molecule has 0 radical (unpaired) electrons. The van der Waals surface area contributed by atoms with Crippen molar-refractivity contribution < 1.29 is 23.5 Å². The summed E-state index contributed by atoms with van der Waals surface area (Å²) in [5, 5.41) is 3.34. The summed E-state index contributed by atoms with van der Waals surface area (Å²) in [6.07, 6.45) is 0.347. The number of alkyl carbamates (subject to hydrolysis) is 1. The van der Waals surface area contributed by atoms with Crippen LogP contribution >= 0.6 is 0 Å². The van der Waals surface area contributed by atoms with Crippen molar-refractivity contribution in [2.45, 2.75) is 46.3 Å². The summed E-state index contributed by atoms with van der Waals surface area (Å²) in [6.45, 7) is 5.52. The van der Waals surface area contributed by atoms with E-state index in [0.717, 1.165) is 16.5 Å². The lowest BCUT2D eigenvalue weighted by atomic mass is 10.1. The topological polar surface area (TPSA) is 94.8 Å². The molecule has 0 aliphatic rings. The Morgan fingerprint density at radius 1 is 1.10 bits per heavy atom. The number of hydrogen-bond acceptors (Lipinski definition) is 6. The third kappa shape index (κ3) is 5.51. The van der Waals surface area contributed by atoms with Crippen molar-refractivity contribution in [3.8, 4) is 5.75 Å². The molecular weight excluding hydrogens is 398 g/mol. The number of esters is 1. The van der Waals surface area contributed by atoms with Gasteiger partial charge in [0, 0.05) is 17.0 Å². The van der Waals surface area contributed by atoms with Gasteiger partial charge in [0.2, 0.25) is 0 Å². The van der Waals surface area contributed by atoms with Gasteiger partial charge in [-0.25, -0.2) is 14.4 Å². The predicted molar refractivity (Wildman–Crippen MR) is 116 cm³/mol. The van der Waals surface area contributed by atoms with Crippen LogP contribution < -0.4 is 15.7 Å². The molecule has 0 unspecified atom stereocenters. The normalized spacial score (nSPS) is 11.7. The van der Waals surface area contributed by atoms with E-state index in [9.17, 15) is 14.4 Å². The molecular formula is C24H25NO6. The van der Waals surface area contributed by atoms with E-state index in [-0.39, 0.29) is 12.4 Å². The number of aryl methyl sites for hydroxylation is 2. The SMILES string of the molecule is CCC[C@H](NC(=O)OCc1ccccc1)C(=O)Oc1ccc2c(C)cc(=O)oc2c1C. The number of hydrogen-bond donors (Lipinski definition) is 1. The number of carbonyl (C=O) groups excluding carboxylic acids is 2. The number of rotatable bonds is 7. The molecule has 1 heterocycles. The van der Waals surface area contributed by atoms with Crippen molar-refractivity contribution >= 4 is 23.0 Å². The molecule has 2 aromatic carbocycles. The molecule has 0 aliphatic heterocycles. The molecule has 0 fully saturated rings. The highest BCUT2D eigenvalue weighted by Gasteiger charge is 2.24. The van der Waals surface area contributed by atoms with Crippen LogP contribution in [-0.4, -0.2) is 18.1 Å². The number of ether oxygens (including phenoxy) is 2. The Kier molecular flexibility index (Phi) is 7.07. The van der Waals surface area contributed by atoms with Crippen LogP contribution in [0.25, 0.3) is 11.0 Å². The molecule has 7 heteroatoms. The Morgan fingerprint density at radius 3 is 2.55 bits per heavy atom. The molecule has 1 amide bonds. The molecule has 1 aromatic heterocycles. The van der Waals surface area contributed by atoms with Gasteiger partial charge in [0.05, 0.1) is 0 Å². The van der Waals surface area contributed by atoms with Crippen molar-refractivity contribution in [2.75, 3.05) is 0 Å². The third-order valence-electron chi connectivity index (χ3n) is 4.90. The lowest BCUT2D eigenvalue weighted by Gasteiger charge is -2.18. The highest BCUT2D eigenvalue weighted by molar-refractivity contribution is 5.87. The van der Waals surface area contributed by atoms with E-state index in [0.29, 0.717) is 24.0 Å². The van der Waals surface area contributed by atoms with Crippen molar-refractivity contribution in [1.29, 1.82) is 0 Å². The molecule has 1 atom stereocenters. The first kappa shape index (κ1) is 22.1. The van der Waals surface area contributed by atoms with E-state index in [1.807, 2.05) is 44.2 Å². The summed E-state index contributed by atoms with van der Waals surface area (Å²) < 4.78 is 16.1. The molecule has 0 bridgehead atoms. The van der Waals surface area contributed by atoms with Crippen molar-refractivity contribution in [3.05, 3.63) is 75.6 Å². The zero-order valence-corrected chi connectivity index (χ0v) is 17.8. The minimum atomic E-state index is -0.868. The molecule has 7 nitrogen and oxygen atoms in total. The first-order valence-electron chi connectivity index (χ1n) is 10.1. The van der Waals surface area contributed by atoms with E-state index in [4.69, 9.17) is 13.9 Å². The molecule has 0 saturated heterocycles. The van der Waals surface area contributed by atoms with Crippen LogP contribution in [0, 0.1) is 13.8 Å². The second-order valence-electron chi connectivity index (χ2n) is 7.28. The van der Waals surface area contributed by atoms with Crippen molar-refractivity contribution in [1.82, 2.24) is 5.32 Å². The fraction of sp³-hybridized carbons (Fsp3) is 0.292. The van der Waals surface area contributed by atoms with Gasteiger partial charge in [0.15, 0.2) is 0 Å². The largest absolute Gasteiger partial charge is 0.445 e. The maximum Gasteiger partial charge on any atom is 0.408 e. The summed E-state index contributed by atoms with van der Waals surface area (Å²) in [5.74, 6) is -0.345. The standard InChI is InChI=1S/C24H25NO6/c1-4-8-19(25-24(28)29-14-17-9-6-5-7-10-17)23(27)30-20-12-11-18-15(2)13-21(26)31-22(18)16(20)3/h5-7,9-13,19H,4,8,14H2,1-3H3,(H,25,28)/t19-/m0/s1. The Balaban J connectivity index is 1.71. The van der Waals surface area contributed by atoms with Crippen LogP contribution in [0.3, 0.4) is 0 Å². The van der Waals surface area contributed by atoms with Gasteiger partial charge >= 0.3 is 17.7 Å². The molecule has 0 spiro atoms. The lowest BCUT2D eigenvalue weighted by Crippen LogP contribution is -2.43. The highest BCUT2D eigenvalue weighted by atomic mass is 16.6. The number of amides is 1. The molecule has 3 rings (SSSR count). The van der Waals surface area contributed by atoms with E-state index >= 15 is 0 Å². The van der Waals surface area contributed by atoms with E-state index < -0.39 is 23.7 Å². The van der Waals surface area contributed by atoms with Gasteiger partial charge in [0.1, 0.15) is 24.0 Å². The van der Waals surface area contributed by atoms with Crippen molar-refractivity contribution in [2.24, 2.45) is 0 Å². The third-order valence-corrected chi connectivity index (χ3v) is 4.90. The fourth-order valence-electron chi connectivity index (χ4n) is 3.23. The molecule has 3 aromatic rings. The van der Waals surface area contributed by atoms with Crippen LogP contribution in [0.4, 0.5) is 4.79 Å². The first-order valence-corrected chi connectivity index (χ1v) is 10.1. The molecule has 0 aliphatic carbocycles. The Bertz CT molecular complexity index is 1140. The second kappa shape index (κ2) is 9.93. The summed E-state index contributed by atoms with van der Waals surface area (Å²) in [6, 6.07) is 13.2. The monoisotopic (exact) mass is 423 g/mol. The van der Waals surface area contributed by atoms with Crippen molar-refractivity contribution in [3.63, 3.8) is 0 Å². The Hall–Kier alpha value is -3.61. The number of nitrogens with one attached hydrogen (secondary N) is 1. The molecule has 1 N–H and O–H groups in total. The lowest BCUT2D eigenvalue weighted by molar-refractivity contribution is -0.136. The fourth-order valence-corrected chi connectivity index (χ4v) is 3.23. The molecule has 31 heavy (non-hydrogen) atoms. The zero-order valence-electron chi connectivity index (χ0n) is 17.8. The van der Waals surface area contributed by atoms with Crippen LogP contribution in [0.15, 0.2) is 57.7 Å². The van der Waals surface area contributed by atoms with Gasteiger partial charge in [-0.15, -0.1) is 0 Å². The predicted octanol–water partition coefficient (Wildman–Crippen LogP) is 4.41. The highest BCUT2D eigenvalue weighted by Crippen LogP contribution is 2.28. The van der Waals surface area contributed by atoms with Crippen LogP contribution in [0.2, 0.25) is 0 Å². The Morgan fingerprint density at radius 2 is 1.84 bits per heavy atom.